The Morgan fingerprint density at radius 1 is 0.581 bits per heavy atom. The minimum Gasteiger partial charge on any atom is -0.478 e. The third-order valence-electron chi connectivity index (χ3n) is 7.08. The number of nitrogens with one attached hydrogen (secondary N) is 2. The van der Waals surface area contributed by atoms with Gasteiger partial charge in [-0.3, -0.25) is 9.59 Å². The number of thioether (sulfide) groups is 1. The van der Waals surface area contributed by atoms with Crippen LogP contribution in [0.4, 0.5) is 11.4 Å². The van der Waals surface area contributed by atoms with Gasteiger partial charge in [0.25, 0.3) is 5.91 Å². The van der Waals surface area contributed by atoms with Crippen LogP contribution in [-0.4, -0.2) is 22.9 Å². The van der Waals surface area contributed by atoms with Crippen LogP contribution in [0, 0.1) is 0 Å². The average Bonchev–Trinajstić information content (AvgIpc) is 3.03. The van der Waals surface area contributed by atoms with E-state index in [1.54, 1.807) is 36.4 Å². The molecule has 0 aliphatic rings. The molecule has 0 aliphatic heterocycles. The van der Waals surface area contributed by atoms with E-state index in [-0.39, 0.29) is 17.0 Å². The first-order valence-corrected chi connectivity index (χ1v) is 14.5. The van der Waals surface area contributed by atoms with Crippen LogP contribution >= 0.6 is 11.8 Å². The van der Waals surface area contributed by atoms with E-state index in [0.29, 0.717) is 22.1 Å². The van der Waals surface area contributed by atoms with Crippen molar-refractivity contribution >= 4 is 62.5 Å². The molecule has 0 saturated heterocycles. The van der Waals surface area contributed by atoms with E-state index >= 15 is 0 Å². The first-order chi connectivity index (χ1) is 21.0. The van der Waals surface area contributed by atoms with E-state index in [4.69, 9.17) is 0 Å². The third-order valence-corrected chi connectivity index (χ3v) is 8.33. The van der Waals surface area contributed by atoms with E-state index in [2.05, 4.69) is 10.6 Å². The summed E-state index contributed by atoms with van der Waals surface area (Å²) < 4.78 is 0. The second kappa shape index (κ2) is 12.2. The molecular weight excluding hydrogens is 556 g/mol. The molecule has 0 bridgehead atoms. The summed E-state index contributed by atoms with van der Waals surface area (Å²) in [6.45, 7) is 0. The highest BCUT2D eigenvalue weighted by atomic mass is 32.2. The fourth-order valence-corrected chi connectivity index (χ4v) is 6.15. The zero-order valence-electron chi connectivity index (χ0n) is 22.9. The summed E-state index contributed by atoms with van der Waals surface area (Å²) in [6.07, 6.45) is 0. The number of hydrogen-bond acceptors (Lipinski definition) is 4. The summed E-state index contributed by atoms with van der Waals surface area (Å²) in [5.41, 5.74) is 2.42. The third kappa shape index (κ3) is 6.12. The van der Waals surface area contributed by atoms with E-state index in [9.17, 15) is 19.5 Å². The number of aromatic carboxylic acids is 1. The van der Waals surface area contributed by atoms with Crippen molar-refractivity contribution in [3.05, 3.63) is 150 Å². The van der Waals surface area contributed by atoms with Crippen LogP contribution in [-0.2, 0) is 4.79 Å². The van der Waals surface area contributed by atoms with Crippen LogP contribution in [0.25, 0.3) is 21.5 Å². The molecule has 0 radical (unpaired) electrons. The molecule has 0 saturated carbocycles. The highest BCUT2D eigenvalue weighted by molar-refractivity contribution is 8.00. The van der Waals surface area contributed by atoms with Crippen LogP contribution in [0.5, 0.6) is 0 Å². The topological polar surface area (TPSA) is 95.5 Å². The molecule has 6 nitrogen and oxygen atoms in total. The van der Waals surface area contributed by atoms with E-state index in [0.717, 1.165) is 21.2 Å². The molecule has 0 heterocycles. The Morgan fingerprint density at radius 3 is 2.00 bits per heavy atom. The average molecular weight is 583 g/mol. The molecule has 6 rings (SSSR count). The number of carboxylic acids is 1. The highest BCUT2D eigenvalue weighted by Crippen LogP contribution is 2.37. The molecule has 0 aromatic heterocycles. The van der Waals surface area contributed by atoms with Gasteiger partial charge in [-0.15, -0.1) is 11.8 Å². The molecular formula is C36H26N2O4S. The van der Waals surface area contributed by atoms with Crippen molar-refractivity contribution in [1.29, 1.82) is 0 Å². The van der Waals surface area contributed by atoms with Crippen molar-refractivity contribution in [2.45, 2.75) is 10.1 Å². The Kier molecular flexibility index (Phi) is 7.89. The molecule has 2 amide bonds. The molecule has 3 N–H and O–H groups in total. The van der Waals surface area contributed by atoms with Crippen LogP contribution in [0.15, 0.2) is 138 Å². The lowest BCUT2D eigenvalue weighted by atomic mass is 9.98. The van der Waals surface area contributed by atoms with E-state index in [1.807, 2.05) is 91.0 Å². The van der Waals surface area contributed by atoms with Gasteiger partial charge in [0.15, 0.2) is 0 Å². The lowest BCUT2D eigenvalue weighted by molar-refractivity contribution is -0.115. The minimum absolute atomic E-state index is 0.0654. The van der Waals surface area contributed by atoms with Gasteiger partial charge in [0.2, 0.25) is 5.91 Å². The van der Waals surface area contributed by atoms with Crippen LogP contribution in [0.3, 0.4) is 0 Å². The Hall–Kier alpha value is -5.40. The second-order valence-corrected chi connectivity index (χ2v) is 11.1. The maximum absolute atomic E-state index is 13.7. The maximum Gasteiger partial charge on any atom is 0.336 e. The minimum atomic E-state index is -1.10. The quantitative estimate of drug-likeness (QED) is 0.157. The molecule has 0 aliphatic carbocycles. The summed E-state index contributed by atoms with van der Waals surface area (Å²) in [6, 6.07) is 40.7. The zero-order valence-corrected chi connectivity index (χ0v) is 23.7. The smallest absolute Gasteiger partial charge is 0.336 e. The Labute approximate surface area is 252 Å². The largest absolute Gasteiger partial charge is 0.478 e. The van der Waals surface area contributed by atoms with E-state index < -0.39 is 17.1 Å². The van der Waals surface area contributed by atoms with Gasteiger partial charge < -0.3 is 15.7 Å². The lowest BCUT2D eigenvalue weighted by Gasteiger charge is -2.18. The first kappa shape index (κ1) is 27.8. The Balaban J connectivity index is 1.26. The van der Waals surface area contributed by atoms with Crippen molar-refractivity contribution in [3.63, 3.8) is 0 Å². The van der Waals surface area contributed by atoms with Gasteiger partial charge in [0.05, 0.1) is 5.56 Å². The molecule has 0 fully saturated rings. The number of rotatable bonds is 8. The van der Waals surface area contributed by atoms with Crippen molar-refractivity contribution < 1.29 is 19.5 Å². The van der Waals surface area contributed by atoms with Crippen LogP contribution in [0.2, 0.25) is 0 Å². The number of carbonyl (C=O) groups excluding carboxylic acids is 2. The molecule has 6 aromatic rings. The molecule has 210 valence electrons. The van der Waals surface area contributed by atoms with Crippen molar-refractivity contribution in [2.75, 3.05) is 10.6 Å². The van der Waals surface area contributed by atoms with E-state index in [1.165, 1.54) is 17.8 Å². The number of anilines is 2. The summed E-state index contributed by atoms with van der Waals surface area (Å²) >= 11 is 1.38. The Morgan fingerprint density at radius 2 is 1.23 bits per heavy atom. The summed E-state index contributed by atoms with van der Waals surface area (Å²) in [7, 11) is 0. The van der Waals surface area contributed by atoms with Gasteiger partial charge in [0.1, 0.15) is 5.25 Å². The van der Waals surface area contributed by atoms with Gasteiger partial charge in [-0.1, -0.05) is 91.0 Å². The maximum atomic E-state index is 13.7. The zero-order chi connectivity index (χ0) is 29.8. The number of amides is 2. The first-order valence-electron chi connectivity index (χ1n) is 13.6. The molecule has 1 atom stereocenters. The standard InChI is InChI=1S/C36H26N2O4S/c39-34(30-17-6-13-24-14-7-18-31(32(24)30)36(41)42)37-27-15-8-16-29(22-27)43-33(25-10-2-1-3-11-25)35(40)38-28-20-19-23-9-4-5-12-26(23)21-28/h1-22,33H,(H,37,39)(H,38,40)(H,41,42). The molecule has 1 unspecified atom stereocenters. The SMILES string of the molecule is O=C(O)c1cccc2cccc(C(=O)Nc3cccc(SC(C(=O)Nc4ccc5ccccc5c4)c4ccccc4)c3)c12. The van der Waals surface area contributed by atoms with Gasteiger partial charge in [-0.05, 0) is 64.2 Å². The predicted octanol–water partition coefficient (Wildman–Crippen LogP) is 8.42. The van der Waals surface area contributed by atoms with Crippen molar-refractivity contribution in [1.82, 2.24) is 0 Å². The molecule has 6 aromatic carbocycles. The predicted molar refractivity (Wildman–Crippen MR) is 173 cm³/mol. The summed E-state index contributed by atoms with van der Waals surface area (Å²) in [5.74, 6) is -1.69. The van der Waals surface area contributed by atoms with Crippen LogP contribution < -0.4 is 10.6 Å². The van der Waals surface area contributed by atoms with Gasteiger partial charge in [-0.2, -0.15) is 0 Å². The normalized spacial score (nSPS) is 11.6. The van der Waals surface area contributed by atoms with Gasteiger partial charge in [-0.25, -0.2) is 4.79 Å². The Bertz CT molecular complexity index is 1990. The summed E-state index contributed by atoms with van der Waals surface area (Å²) in [4.78, 5) is 39.7. The van der Waals surface area contributed by atoms with Gasteiger partial charge in [0, 0.05) is 27.2 Å². The second-order valence-electron chi connectivity index (χ2n) is 9.96. The number of carbonyl (C=O) groups is 3. The molecule has 0 spiro atoms. The van der Waals surface area contributed by atoms with Crippen molar-refractivity contribution in [2.24, 2.45) is 0 Å². The molecule has 43 heavy (non-hydrogen) atoms. The lowest BCUT2D eigenvalue weighted by Crippen LogP contribution is -2.19. The molecule has 7 heteroatoms. The van der Waals surface area contributed by atoms with Crippen LogP contribution in [0.1, 0.15) is 31.5 Å². The number of benzene rings is 6. The summed E-state index contributed by atoms with van der Waals surface area (Å²) in [5, 5.41) is 18.3. The fourth-order valence-electron chi connectivity index (χ4n) is 5.07. The van der Waals surface area contributed by atoms with Crippen molar-refractivity contribution in [3.8, 4) is 0 Å². The number of fused-ring (bicyclic) bond motifs is 2. The highest BCUT2D eigenvalue weighted by Gasteiger charge is 2.23. The van der Waals surface area contributed by atoms with Gasteiger partial charge >= 0.3 is 5.97 Å². The fraction of sp³-hybridized carbons (Fsp3) is 0.0278. The number of carboxylic acid groups (broad SMARTS) is 1. The monoisotopic (exact) mass is 582 g/mol. The number of hydrogen-bond donors (Lipinski definition) is 3.